The molecule has 0 bridgehead atoms. The molecule has 1 aromatic rings. The summed E-state index contributed by atoms with van der Waals surface area (Å²) < 4.78 is 0. The van der Waals surface area contributed by atoms with Gasteiger partial charge in [-0.3, -0.25) is 0 Å². The standard InChI is InChI=1S/C12H13N3/c1-2-10-11-6-4-3-5-9(11)7-8-12(10)14-15-13/h2-6,10,12H,1,7-8H2/t10-,12+/m0/s1. The highest BCUT2D eigenvalue weighted by atomic mass is 15.1. The van der Waals surface area contributed by atoms with E-state index in [0.29, 0.717) is 0 Å². The lowest BCUT2D eigenvalue weighted by Gasteiger charge is -2.28. The molecule has 0 aromatic heterocycles. The monoisotopic (exact) mass is 199 g/mol. The lowest BCUT2D eigenvalue weighted by atomic mass is 9.80. The molecule has 15 heavy (non-hydrogen) atoms. The fraction of sp³-hybridized carbons (Fsp3) is 0.333. The predicted molar refractivity (Wildman–Crippen MR) is 60.6 cm³/mol. The molecule has 0 unspecified atom stereocenters. The van der Waals surface area contributed by atoms with Crippen molar-refractivity contribution in [3.05, 3.63) is 58.5 Å². The van der Waals surface area contributed by atoms with Crippen LogP contribution in [0.2, 0.25) is 0 Å². The largest absolute Gasteiger partial charge is 0.102 e. The third-order valence-corrected chi connectivity index (χ3v) is 2.99. The van der Waals surface area contributed by atoms with Crippen molar-refractivity contribution < 1.29 is 0 Å². The average molecular weight is 199 g/mol. The highest BCUT2D eigenvalue weighted by Gasteiger charge is 2.25. The van der Waals surface area contributed by atoms with Crippen molar-refractivity contribution in [3.63, 3.8) is 0 Å². The van der Waals surface area contributed by atoms with E-state index >= 15 is 0 Å². The minimum Gasteiger partial charge on any atom is -0.102 e. The van der Waals surface area contributed by atoms with Crippen LogP contribution < -0.4 is 0 Å². The minimum atomic E-state index is 0.0300. The van der Waals surface area contributed by atoms with Gasteiger partial charge in [0.1, 0.15) is 0 Å². The molecule has 0 saturated carbocycles. The molecule has 1 aliphatic carbocycles. The smallest absolute Gasteiger partial charge is 0.0480 e. The Morgan fingerprint density at radius 2 is 2.27 bits per heavy atom. The van der Waals surface area contributed by atoms with Crippen LogP contribution in [0.3, 0.4) is 0 Å². The molecular weight excluding hydrogens is 186 g/mol. The fourth-order valence-corrected chi connectivity index (χ4v) is 2.26. The molecule has 3 heteroatoms. The van der Waals surface area contributed by atoms with Gasteiger partial charge in [0.15, 0.2) is 0 Å². The van der Waals surface area contributed by atoms with Gasteiger partial charge in [-0.1, -0.05) is 35.5 Å². The fourth-order valence-electron chi connectivity index (χ4n) is 2.26. The number of nitrogens with zero attached hydrogens (tertiary/aromatic N) is 3. The van der Waals surface area contributed by atoms with E-state index in [4.69, 9.17) is 5.53 Å². The number of hydrogen-bond donors (Lipinski definition) is 0. The number of azide groups is 1. The second-order valence-corrected chi connectivity index (χ2v) is 3.77. The lowest BCUT2D eigenvalue weighted by Crippen LogP contribution is -2.21. The third kappa shape index (κ3) is 1.74. The van der Waals surface area contributed by atoms with E-state index < -0.39 is 0 Å². The highest BCUT2D eigenvalue weighted by molar-refractivity contribution is 5.36. The Bertz CT molecular complexity index is 419. The maximum Gasteiger partial charge on any atom is 0.0480 e. The van der Waals surface area contributed by atoms with Crippen LogP contribution in [-0.4, -0.2) is 6.04 Å². The van der Waals surface area contributed by atoms with Crippen LogP contribution in [0, 0.1) is 0 Å². The number of fused-ring (bicyclic) bond motifs is 1. The SMILES string of the molecule is C=C[C@H]1c2ccccc2CC[C@H]1N=[N+]=[N-]. The highest BCUT2D eigenvalue weighted by Crippen LogP contribution is 2.34. The van der Waals surface area contributed by atoms with Crippen LogP contribution in [-0.2, 0) is 6.42 Å². The first-order valence-electron chi connectivity index (χ1n) is 5.11. The molecule has 0 spiro atoms. The molecule has 76 valence electrons. The van der Waals surface area contributed by atoms with E-state index in [1.54, 1.807) is 0 Å². The van der Waals surface area contributed by atoms with E-state index in [-0.39, 0.29) is 12.0 Å². The van der Waals surface area contributed by atoms with E-state index in [2.05, 4.69) is 28.7 Å². The summed E-state index contributed by atoms with van der Waals surface area (Å²) >= 11 is 0. The van der Waals surface area contributed by atoms with Gasteiger partial charge in [-0.2, -0.15) is 0 Å². The Morgan fingerprint density at radius 1 is 1.47 bits per heavy atom. The van der Waals surface area contributed by atoms with Gasteiger partial charge in [-0.05, 0) is 29.5 Å². The number of aryl methyl sites for hydroxylation is 1. The summed E-state index contributed by atoms with van der Waals surface area (Å²) in [4.78, 5) is 2.91. The lowest BCUT2D eigenvalue weighted by molar-refractivity contribution is 0.527. The first-order valence-corrected chi connectivity index (χ1v) is 5.11. The summed E-state index contributed by atoms with van der Waals surface area (Å²) in [5, 5.41) is 3.84. The van der Waals surface area contributed by atoms with Gasteiger partial charge in [0.2, 0.25) is 0 Å². The molecule has 2 rings (SSSR count). The van der Waals surface area contributed by atoms with E-state index in [1.165, 1.54) is 11.1 Å². The molecule has 0 amide bonds. The molecule has 1 aliphatic rings. The summed E-state index contributed by atoms with van der Waals surface area (Å²) in [5.41, 5.74) is 11.1. The molecule has 0 radical (unpaired) electrons. The van der Waals surface area contributed by atoms with Crippen molar-refractivity contribution in [2.45, 2.75) is 24.8 Å². The van der Waals surface area contributed by atoms with Crippen molar-refractivity contribution >= 4 is 0 Å². The van der Waals surface area contributed by atoms with Gasteiger partial charge >= 0.3 is 0 Å². The average Bonchev–Trinajstić information content (AvgIpc) is 2.29. The van der Waals surface area contributed by atoms with Gasteiger partial charge in [0.25, 0.3) is 0 Å². The summed E-state index contributed by atoms with van der Waals surface area (Å²) in [6, 6.07) is 8.34. The van der Waals surface area contributed by atoms with Crippen LogP contribution in [0.4, 0.5) is 0 Å². The summed E-state index contributed by atoms with van der Waals surface area (Å²) in [5.74, 6) is 0.172. The topological polar surface area (TPSA) is 48.8 Å². The molecule has 2 atom stereocenters. The summed E-state index contributed by atoms with van der Waals surface area (Å²) in [6.45, 7) is 3.83. The van der Waals surface area contributed by atoms with Crippen LogP contribution in [0.5, 0.6) is 0 Å². The maximum atomic E-state index is 8.50. The third-order valence-electron chi connectivity index (χ3n) is 2.99. The van der Waals surface area contributed by atoms with Crippen LogP contribution in [0.25, 0.3) is 10.4 Å². The predicted octanol–water partition coefficient (Wildman–Crippen LogP) is 3.58. The van der Waals surface area contributed by atoms with Gasteiger partial charge in [0.05, 0.1) is 0 Å². The van der Waals surface area contributed by atoms with Gasteiger partial charge < -0.3 is 0 Å². The van der Waals surface area contributed by atoms with Crippen LogP contribution in [0.15, 0.2) is 42.0 Å². The van der Waals surface area contributed by atoms with Gasteiger partial charge in [0, 0.05) is 16.9 Å². The van der Waals surface area contributed by atoms with Crippen molar-refractivity contribution in [2.24, 2.45) is 5.11 Å². The molecule has 0 saturated heterocycles. The normalized spacial score (nSPS) is 23.7. The molecule has 1 aromatic carbocycles. The quantitative estimate of drug-likeness (QED) is 0.302. The molecule has 3 nitrogen and oxygen atoms in total. The van der Waals surface area contributed by atoms with Crippen molar-refractivity contribution in [2.75, 3.05) is 0 Å². The maximum absolute atomic E-state index is 8.50. The zero-order valence-electron chi connectivity index (χ0n) is 8.50. The van der Waals surface area contributed by atoms with Gasteiger partial charge in [-0.15, -0.1) is 6.58 Å². The van der Waals surface area contributed by atoms with Crippen molar-refractivity contribution in [1.29, 1.82) is 0 Å². The molecule has 0 fully saturated rings. The molecule has 0 aliphatic heterocycles. The first-order chi connectivity index (χ1) is 7.36. The van der Waals surface area contributed by atoms with Crippen LogP contribution in [0.1, 0.15) is 23.5 Å². The van der Waals surface area contributed by atoms with E-state index in [9.17, 15) is 0 Å². The number of hydrogen-bond acceptors (Lipinski definition) is 1. The Balaban J connectivity index is 2.42. The zero-order chi connectivity index (χ0) is 10.7. The Kier molecular flexibility index (Phi) is 2.75. The van der Waals surface area contributed by atoms with Crippen LogP contribution >= 0.6 is 0 Å². The summed E-state index contributed by atoms with van der Waals surface area (Å²) in [7, 11) is 0. The molecular formula is C12H13N3. The molecule has 0 N–H and O–H groups in total. The first kappa shape index (κ1) is 9.81. The van der Waals surface area contributed by atoms with Crippen molar-refractivity contribution in [3.8, 4) is 0 Å². The second kappa shape index (κ2) is 4.20. The molecule has 0 heterocycles. The van der Waals surface area contributed by atoms with E-state index in [0.717, 1.165) is 12.8 Å². The minimum absolute atomic E-state index is 0.0300. The van der Waals surface area contributed by atoms with E-state index in [1.807, 2.05) is 18.2 Å². The number of benzene rings is 1. The second-order valence-electron chi connectivity index (χ2n) is 3.77. The Labute approximate surface area is 89.1 Å². The number of rotatable bonds is 2. The Morgan fingerprint density at radius 3 is 3.00 bits per heavy atom. The zero-order valence-corrected chi connectivity index (χ0v) is 8.50. The summed E-state index contributed by atoms with van der Waals surface area (Å²) in [6.07, 6.45) is 3.79. The van der Waals surface area contributed by atoms with Gasteiger partial charge in [-0.25, -0.2) is 0 Å². The van der Waals surface area contributed by atoms with Crippen molar-refractivity contribution in [1.82, 2.24) is 0 Å². The Hall–Kier alpha value is -1.73.